The van der Waals surface area contributed by atoms with Gasteiger partial charge in [-0.3, -0.25) is 14.4 Å². The van der Waals surface area contributed by atoms with Crippen LogP contribution in [0.25, 0.3) is 5.69 Å². The van der Waals surface area contributed by atoms with Crippen LogP contribution in [-0.4, -0.2) is 32.7 Å². The molecule has 3 aromatic rings. The maximum absolute atomic E-state index is 13.1. The lowest BCUT2D eigenvalue weighted by molar-refractivity contribution is -0.137. The van der Waals surface area contributed by atoms with Gasteiger partial charge in [0.25, 0.3) is 5.91 Å². The first-order valence-electron chi connectivity index (χ1n) is 10.6. The summed E-state index contributed by atoms with van der Waals surface area (Å²) in [4.78, 5) is 37.2. The van der Waals surface area contributed by atoms with Gasteiger partial charge in [-0.05, 0) is 30.2 Å². The number of rotatable bonds is 7. The Bertz CT molecular complexity index is 1160. The summed E-state index contributed by atoms with van der Waals surface area (Å²) in [5.74, 6) is -1.45. The highest BCUT2D eigenvalue weighted by Crippen LogP contribution is 2.24. The molecule has 0 spiro atoms. The van der Waals surface area contributed by atoms with E-state index in [9.17, 15) is 19.5 Å². The Morgan fingerprint density at radius 1 is 1.03 bits per heavy atom. The van der Waals surface area contributed by atoms with Gasteiger partial charge in [-0.2, -0.15) is 5.10 Å². The van der Waals surface area contributed by atoms with Crippen LogP contribution in [0, 0.1) is 12.3 Å². The van der Waals surface area contributed by atoms with Crippen molar-refractivity contribution in [3.63, 3.8) is 0 Å². The summed E-state index contributed by atoms with van der Waals surface area (Å²) < 4.78 is 1.48. The van der Waals surface area contributed by atoms with Gasteiger partial charge in [0.15, 0.2) is 5.69 Å². The van der Waals surface area contributed by atoms with Crippen LogP contribution < -0.4 is 10.6 Å². The maximum Gasteiger partial charge on any atom is 0.305 e. The normalized spacial score (nSPS) is 12.1. The Morgan fingerprint density at radius 3 is 2.27 bits per heavy atom. The van der Waals surface area contributed by atoms with Crippen molar-refractivity contribution in [1.29, 1.82) is 0 Å². The zero-order valence-electron chi connectivity index (χ0n) is 19.1. The van der Waals surface area contributed by atoms with Gasteiger partial charge >= 0.3 is 5.97 Å². The second-order valence-corrected chi connectivity index (χ2v) is 8.85. The predicted molar refractivity (Wildman–Crippen MR) is 125 cm³/mol. The first-order valence-corrected chi connectivity index (χ1v) is 10.6. The van der Waals surface area contributed by atoms with Crippen molar-refractivity contribution in [2.45, 2.75) is 40.2 Å². The smallest absolute Gasteiger partial charge is 0.305 e. The largest absolute Gasteiger partial charge is 0.481 e. The molecule has 8 nitrogen and oxygen atoms in total. The van der Waals surface area contributed by atoms with Crippen molar-refractivity contribution in [2.24, 2.45) is 5.41 Å². The molecule has 0 aliphatic rings. The number of hydrogen-bond acceptors (Lipinski definition) is 4. The molecular weight excluding hydrogens is 420 g/mol. The Kier molecular flexibility index (Phi) is 6.96. The topological polar surface area (TPSA) is 113 Å². The second-order valence-electron chi connectivity index (χ2n) is 8.85. The van der Waals surface area contributed by atoms with Crippen LogP contribution in [0.4, 0.5) is 5.82 Å². The summed E-state index contributed by atoms with van der Waals surface area (Å²) in [5.41, 5.74) is 1.67. The van der Waals surface area contributed by atoms with E-state index in [0.29, 0.717) is 11.5 Å². The lowest BCUT2D eigenvalue weighted by atomic mass is 9.96. The molecule has 0 radical (unpaired) electrons. The first kappa shape index (κ1) is 23.7. The second kappa shape index (κ2) is 9.68. The molecule has 1 heterocycles. The van der Waals surface area contributed by atoms with E-state index in [-0.39, 0.29) is 18.0 Å². The van der Waals surface area contributed by atoms with Gasteiger partial charge < -0.3 is 15.7 Å². The SMILES string of the molecule is Cc1ccccc1C(CC(=O)O)NC(=O)c1cc(NC(=O)C(C)(C)C)n(-c2ccccc2)n1. The molecule has 33 heavy (non-hydrogen) atoms. The number of anilines is 1. The van der Waals surface area contributed by atoms with Crippen molar-refractivity contribution in [3.05, 3.63) is 77.5 Å². The van der Waals surface area contributed by atoms with Crippen LogP contribution in [0.1, 0.15) is 54.8 Å². The Balaban J connectivity index is 1.95. The number of carboxylic acids is 1. The molecule has 2 amide bonds. The number of aromatic nitrogens is 2. The molecule has 0 aliphatic heterocycles. The third-order valence-electron chi connectivity index (χ3n) is 5.11. The van der Waals surface area contributed by atoms with Gasteiger partial charge in [-0.15, -0.1) is 0 Å². The standard InChI is InChI=1S/C25H28N4O4/c1-16-10-8-9-13-18(16)19(15-22(30)31)26-23(32)20-14-21(27-24(33)25(2,3)4)29(28-20)17-11-6-5-7-12-17/h5-14,19H,15H2,1-4H3,(H,26,32)(H,27,33)(H,30,31). The summed E-state index contributed by atoms with van der Waals surface area (Å²) >= 11 is 0. The molecule has 2 aromatic carbocycles. The zero-order chi connectivity index (χ0) is 24.2. The maximum atomic E-state index is 13.1. The Hall–Kier alpha value is -3.94. The van der Waals surface area contributed by atoms with Crippen molar-refractivity contribution < 1.29 is 19.5 Å². The minimum Gasteiger partial charge on any atom is -0.481 e. The van der Waals surface area contributed by atoms with Gasteiger partial charge in [0.2, 0.25) is 5.91 Å². The Morgan fingerprint density at radius 2 is 1.67 bits per heavy atom. The molecule has 0 saturated carbocycles. The molecule has 1 atom stereocenters. The van der Waals surface area contributed by atoms with Gasteiger partial charge in [-0.1, -0.05) is 63.2 Å². The third-order valence-corrected chi connectivity index (χ3v) is 5.11. The van der Waals surface area contributed by atoms with Crippen molar-refractivity contribution in [2.75, 3.05) is 5.32 Å². The summed E-state index contributed by atoms with van der Waals surface area (Å²) in [5, 5.41) is 19.4. The third kappa shape index (κ3) is 5.85. The van der Waals surface area contributed by atoms with Crippen LogP contribution >= 0.6 is 0 Å². The minimum atomic E-state index is -1.03. The fourth-order valence-corrected chi connectivity index (χ4v) is 3.27. The monoisotopic (exact) mass is 448 g/mol. The van der Waals surface area contributed by atoms with E-state index >= 15 is 0 Å². The summed E-state index contributed by atoms with van der Waals surface area (Å²) in [6.45, 7) is 7.23. The average molecular weight is 449 g/mol. The van der Waals surface area contributed by atoms with E-state index in [1.54, 1.807) is 32.9 Å². The van der Waals surface area contributed by atoms with Gasteiger partial charge in [0, 0.05) is 11.5 Å². The molecule has 172 valence electrons. The first-order chi connectivity index (χ1) is 15.6. The highest BCUT2D eigenvalue weighted by Gasteiger charge is 2.26. The average Bonchev–Trinajstić information content (AvgIpc) is 3.17. The number of hydrogen-bond donors (Lipinski definition) is 3. The molecule has 8 heteroatoms. The van der Waals surface area contributed by atoms with Crippen molar-refractivity contribution in [1.82, 2.24) is 15.1 Å². The zero-order valence-corrected chi connectivity index (χ0v) is 19.1. The van der Waals surface area contributed by atoms with Crippen molar-refractivity contribution in [3.8, 4) is 5.69 Å². The number of nitrogens with one attached hydrogen (secondary N) is 2. The van der Waals surface area contributed by atoms with Gasteiger partial charge in [0.05, 0.1) is 18.2 Å². The summed E-state index contributed by atoms with van der Waals surface area (Å²) in [6.07, 6.45) is -0.274. The van der Waals surface area contributed by atoms with E-state index in [0.717, 1.165) is 11.1 Å². The van der Waals surface area contributed by atoms with E-state index in [1.807, 2.05) is 49.4 Å². The fraction of sp³-hybridized carbons (Fsp3) is 0.280. The molecule has 0 aliphatic carbocycles. The number of amides is 2. The van der Waals surface area contributed by atoms with E-state index in [1.165, 1.54) is 10.7 Å². The molecule has 0 saturated heterocycles. The van der Waals surface area contributed by atoms with E-state index in [4.69, 9.17) is 0 Å². The number of nitrogens with zero attached hydrogens (tertiary/aromatic N) is 2. The molecule has 0 fully saturated rings. The molecule has 0 bridgehead atoms. The van der Waals surface area contributed by atoms with Crippen LogP contribution in [0.3, 0.4) is 0 Å². The number of aryl methyl sites for hydroxylation is 1. The number of aliphatic carboxylic acids is 1. The van der Waals surface area contributed by atoms with Crippen LogP contribution in [0.5, 0.6) is 0 Å². The number of carbonyl (C=O) groups is 3. The van der Waals surface area contributed by atoms with Gasteiger partial charge in [0.1, 0.15) is 5.82 Å². The summed E-state index contributed by atoms with van der Waals surface area (Å²) in [6, 6.07) is 17.2. The molecule has 3 rings (SSSR count). The van der Waals surface area contributed by atoms with E-state index < -0.39 is 23.3 Å². The van der Waals surface area contributed by atoms with Crippen LogP contribution in [0.15, 0.2) is 60.7 Å². The highest BCUT2D eigenvalue weighted by molar-refractivity contribution is 5.97. The van der Waals surface area contributed by atoms with E-state index in [2.05, 4.69) is 15.7 Å². The highest BCUT2D eigenvalue weighted by atomic mass is 16.4. The quantitative estimate of drug-likeness (QED) is 0.503. The van der Waals surface area contributed by atoms with Crippen molar-refractivity contribution >= 4 is 23.6 Å². The molecule has 1 aromatic heterocycles. The number of para-hydroxylation sites is 1. The predicted octanol–water partition coefficient (Wildman–Crippen LogP) is 4.11. The summed E-state index contributed by atoms with van der Waals surface area (Å²) in [7, 11) is 0. The molecule has 3 N–H and O–H groups in total. The molecular formula is C25H28N4O4. The van der Waals surface area contributed by atoms with Crippen LogP contribution in [-0.2, 0) is 9.59 Å². The Labute approximate surface area is 192 Å². The number of carboxylic acid groups (broad SMARTS) is 1. The fourth-order valence-electron chi connectivity index (χ4n) is 3.27. The minimum absolute atomic E-state index is 0.0621. The number of benzene rings is 2. The van der Waals surface area contributed by atoms with Crippen LogP contribution in [0.2, 0.25) is 0 Å². The van der Waals surface area contributed by atoms with Gasteiger partial charge in [-0.25, -0.2) is 4.68 Å². The number of carbonyl (C=O) groups excluding carboxylic acids is 2. The lowest BCUT2D eigenvalue weighted by Crippen LogP contribution is -2.31. The molecule has 1 unspecified atom stereocenters. The lowest BCUT2D eigenvalue weighted by Gasteiger charge is -2.18.